The third kappa shape index (κ3) is 2.78. The molecule has 0 unspecified atom stereocenters. The Morgan fingerprint density at radius 3 is 2.84 bits per heavy atom. The molecule has 1 fully saturated rings. The molecule has 0 atom stereocenters. The van der Waals surface area contributed by atoms with Gasteiger partial charge >= 0.3 is 0 Å². The number of nitrogens with zero attached hydrogens (tertiary/aromatic N) is 2. The molecule has 2 aromatic rings. The first-order valence-electron chi connectivity index (χ1n) is 6.88. The van der Waals surface area contributed by atoms with Crippen molar-refractivity contribution < 1.29 is 4.39 Å². The van der Waals surface area contributed by atoms with Crippen LogP contribution in [0.15, 0.2) is 36.7 Å². The summed E-state index contributed by atoms with van der Waals surface area (Å²) in [6.07, 6.45) is 10.1. The van der Waals surface area contributed by atoms with Gasteiger partial charge in [0.15, 0.2) is 0 Å². The average Bonchev–Trinajstić information content (AvgIpc) is 2.88. The van der Waals surface area contributed by atoms with Crippen LogP contribution in [0.5, 0.6) is 0 Å². The van der Waals surface area contributed by atoms with Crippen molar-refractivity contribution in [1.82, 2.24) is 9.55 Å². The minimum absolute atomic E-state index is 0.235. The number of aromatic nitrogens is 2. The lowest BCUT2D eigenvalue weighted by molar-refractivity contribution is 0.356. The highest BCUT2D eigenvalue weighted by Gasteiger charge is 2.17. The Balaban J connectivity index is 1.80. The van der Waals surface area contributed by atoms with Gasteiger partial charge in [-0.15, -0.1) is 0 Å². The fourth-order valence-electron chi connectivity index (χ4n) is 2.76. The van der Waals surface area contributed by atoms with Gasteiger partial charge in [-0.2, -0.15) is 0 Å². The maximum atomic E-state index is 13.2. The summed E-state index contributed by atoms with van der Waals surface area (Å²) in [5, 5.41) is 3.20. The fraction of sp³-hybridized carbons (Fsp3) is 0.400. The summed E-state index contributed by atoms with van der Waals surface area (Å²) in [6, 6.07) is 7.00. The van der Waals surface area contributed by atoms with Gasteiger partial charge in [-0.05, 0) is 31.0 Å². The molecule has 1 saturated carbocycles. The summed E-state index contributed by atoms with van der Waals surface area (Å²) in [5.74, 6) is 0.568. The molecule has 1 heterocycles. The molecule has 0 spiro atoms. The fourth-order valence-corrected chi connectivity index (χ4v) is 2.76. The van der Waals surface area contributed by atoms with E-state index in [1.165, 1.54) is 44.2 Å². The molecule has 1 aromatic heterocycles. The molecule has 100 valence electrons. The third-order valence-corrected chi connectivity index (χ3v) is 3.72. The normalized spacial score (nSPS) is 16.5. The highest BCUT2D eigenvalue weighted by Crippen LogP contribution is 2.30. The average molecular weight is 259 g/mol. The molecule has 1 N–H and O–H groups in total. The first-order chi connectivity index (χ1) is 9.33. The van der Waals surface area contributed by atoms with Crippen molar-refractivity contribution in [2.24, 2.45) is 0 Å². The van der Waals surface area contributed by atoms with Crippen molar-refractivity contribution in [3.8, 4) is 0 Å². The lowest BCUT2D eigenvalue weighted by atomic mass is 9.95. The van der Waals surface area contributed by atoms with Gasteiger partial charge in [-0.25, -0.2) is 9.37 Å². The van der Waals surface area contributed by atoms with E-state index in [-0.39, 0.29) is 5.82 Å². The van der Waals surface area contributed by atoms with Crippen molar-refractivity contribution in [2.75, 3.05) is 5.32 Å². The van der Waals surface area contributed by atoms with Gasteiger partial charge < -0.3 is 9.88 Å². The van der Waals surface area contributed by atoms with Crippen LogP contribution in [0.1, 0.15) is 38.1 Å². The Hall–Kier alpha value is -1.84. The van der Waals surface area contributed by atoms with Crippen molar-refractivity contribution in [1.29, 1.82) is 0 Å². The van der Waals surface area contributed by atoms with Crippen LogP contribution in [0.3, 0.4) is 0 Å². The molecule has 1 aromatic carbocycles. The van der Waals surface area contributed by atoms with E-state index < -0.39 is 0 Å². The Labute approximate surface area is 112 Å². The number of rotatable bonds is 3. The summed E-state index contributed by atoms with van der Waals surface area (Å²) < 4.78 is 15.4. The van der Waals surface area contributed by atoms with E-state index in [0.717, 1.165) is 11.6 Å². The van der Waals surface area contributed by atoms with Gasteiger partial charge in [0.05, 0.1) is 0 Å². The van der Waals surface area contributed by atoms with Gasteiger partial charge in [0, 0.05) is 24.1 Å². The number of halogens is 1. The van der Waals surface area contributed by atoms with E-state index in [0.29, 0.717) is 6.04 Å². The Kier molecular flexibility index (Phi) is 3.49. The molecule has 0 aliphatic heterocycles. The van der Waals surface area contributed by atoms with Gasteiger partial charge in [-0.3, -0.25) is 0 Å². The van der Waals surface area contributed by atoms with E-state index in [4.69, 9.17) is 0 Å². The van der Waals surface area contributed by atoms with Crippen molar-refractivity contribution in [2.45, 2.75) is 38.1 Å². The lowest BCUT2D eigenvalue weighted by Crippen LogP contribution is -2.14. The molecular formula is C15H18FN3. The minimum atomic E-state index is -0.235. The Bertz CT molecular complexity index is 544. The molecule has 3 nitrogen and oxygen atoms in total. The second-order valence-electron chi connectivity index (χ2n) is 5.09. The summed E-state index contributed by atoms with van der Waals surface area (Å²) in [6.45, 7) is 0. The highest BCUT2D eigenvalue weighted by atomic mass is 19.1. The van der Waals surface area contributed by atoms with Crippen molar-refractivity contribution >= 4 is 11.6 Å². The van der Waals surface area contributed by atoms with E-state index in [1.54, 1.807) is 12.3 Å². The second kappa shape index (κ2) is 5.43. The monoisotopic (exact) mass is 259 g/mol. The molecule has 0 saturated heterocycles. The van der Waals surface area contributed by atoms with E-state index >= 15 is 0 Å². The van der Waals surface area contributed by atoms with E-state index in [9.17, 15) is 4.39 Å². The predicted molar refractivity (Wildman–Crippen MR) is 74.0 cm³/mol. The van der Waals surface area contributed by atoms with Crippen molar-refractivity contribution in [3.05, 3.63) is 42.5 Å². The SMILES string of the molecule is Fc1cccc(Nc2nccn2C2CCCCC2)c1. The molecular weight excluding hydrogens is 241 g/mol. The van der Waals surface area contributed by atoms with Crippen LogP contribution in [0.4, 0.5) is 16.0 Å². The van der Waals surface area contributed by atoms with Gasteiger partial charge in [0.25, 0.3) is 0 Å². The molecule has 0 amide bonds. The zero-order valence-electron chi connectivity index (χ0n) is 10.8. The van der Waals surface area contributed by atoms with Gasteiger partial charge in [0.2, 0.25) is 5.95 Å². The van der Waals surface area contributed by atoms with Crippen LogP contribution >= 0.6 is 0 Å². The van der Waals surface area contributed by atoms with E-state index in [2.05, 4.69) is 14.9 Å². The smallest absolute Gasteiger partial charge is 0.207 e. The number of anilines is 2. The topological polar surface area (TPSA) is 29.9 Å². The number of imidazole rings is 1. The van der Waals surface area contributed by atoms with Crippen LogP contribution in [0, 0.1) is 5.82 Å². The lowest BCUT2D eigenvalue weighted by Gasteiger charge is -2.24. The zero-order chi connectivity index (χ0) is 13.1. The summed E-state index contributed by atoms with van der Waals surface area (Å²) in [7, 11) is 0. The number of hydrogen-bond donors (Lipinski definition) is 1. The van der Waals surface area contributed by atoms with Gasteiger partial charge in [-0.1, -0.05) is 25.3 Å². The Morgan fingerprint density at radius 2 is 2.05 bits per heavy atom. The molecule has 0 radical (unpaired) electrons. The maximum Gasteiger partial charge on any atom is 0.207 e. The van der Waals surface area contributed by atoms with E-state index in [1.807, 2.05) is 12.3 Å². The summed E-state index contributed by atoms with van der Waals surface area (Å²) >= 11 is 0. The molecule has 3 rings (SSSR count). The maximum absolute atomic E-state index is 13.2. The molecule has 1 aliphatic rings. The minimum Gasteiger partial charge on any atom is -0.326 e. The van der Waals surface area contributed by atoms with Crippen LogP contribution in [-0.4, -0.2) is 9.55 Å². The molecule has 19 heavy (non-hydrogen) atoms. The zero-order valence-corrected chi connectivity index (χ0v) is 10.8. The van der Waals surface area contributed by atoms with Crippen molar-refractivity contribution in [3.63, 3.8) is 0 Å². The quantitative estimate of drug-likeness (QED) is 0.892. The van der Waals surface area contributed by atoms with Crippen LogP contribution in [0.2, 0.25) is 0 Å². The number of benzene rings is 1. The molecule has 0 bridgehead atoms. The second-order valence-corrected chi connectivity index (χ2v) is 5.09. The largest absolute Gasteiger partial charge is 0.326 e. The molecule has 4 heteroatoms. The highest BCUT2D eigenvalue weighted by molar-refractivity contribution is 5.53. The molecule has 1 aliphatic carbocycles. The summed E-state index contributed by atoms with van der Waals surface area (Å²) in [5.41, 5.74) is 0.739. The first kappa shape index (κ1) is 12.2. The van der Waals surface area contributed by atoms with Crippen LogP contribution in [0.25, 0.3) is 0 Å². The standard InChI is InChI=1S/C15H18FN3/c16-12-5-4-6-13(11-12)18-15-17-9-10-19(15)14-7-2-1-3-8-14/h4-6,9-11,14H,1-3,7-8H2,(H,17,18). The van der Waals surface area contributed by atoms with Crippen LogP contribution in [-0.2, 0) is 0 Å². The predicted octanol–water partition coefficient (Wildman–Crippen LogP) is 4.27. The first-order valence-corrected chi connectivity index (χ1v) is 6.88. The van der Waals surface area contributed by atoms with Crippen LogP contribution < -0.4 is 5.32 Å². The number of hydrogen-bond acceptors (Lipinski definition) is 2. The van der Waals surface area contributed by atoms with Gasteiger partial charge in [0.1, 0.15) is 5.82 Å². The third-order valence-electron chi connectivity index (χ3n) is 3.72. The summed E-state index contributed by atoms with van der Waals surface area (Å²) in [4.78, 5) is 4.35. The number of nitrogens with one attached hydrogen (secondary N) is 1. The Morgan fingerprint density at radius 1 is 1.21 bits per heavy atom.